The van der Waals surface area contributed by atoms with Gasteiger partial charge in [-0.05, 0) is 62.1 Å². The Morgan fingerprint density at radius 1 is 1.14 bits per heavy atom. The largest absolute Gasteiger partial charge is 0.550 e. The number of aliphatic carboxylic acids is 1. The summed E-state index contributed by atoms with van der Waals surface area (Å²) < 4.78 is 13.3. The van der Waals surface area contributed by atoms with Crippen molar-refractivity contribution in [2.45, 2.75) is 32.6 Å². The molecule has 22 heavy (non-hydrogen) atoms. The second-order valence-electron chi connectivity index (χ2n) is 6.49. The third-order valence-electron chi connectivity index (χ3n) is 5.25. The second-order valence-corrected chi connectivity index (χ2v) is 6.49. The lowest BCUT2D eigenvalue weighted by atomic mass is 9.58. The average molecular weight is 304 g/mol. The van der Waals surface area contributed by atoms with Gasteiger partial charge in [-0.15, -0.1) is 0 Å². The molecule has 5 heteroatoms. The van der Waals surface area contributed by atoms with E-state index >= 15 is 0 Å². The molecule has 0 heterocycles. The van der Waals surface area contributed by atoms with E-state index in [9.17, 15) is 19.1 Å². The van der Waals surface area contributed by atoms with Crippen molar-refractivity contribution < 1.29 is 19.1 Å². The number of nitrogens with one attached hydrogen (secondary N) is 1. The molecule has 1 aromatic carbocycles. The number of hydrogen-bond donors (Lipinski definition) is 1. The molecule has 0 aromatic heterocycles. The molecular weight excluding hydrogens is 285 g/mol. The van der Waals surface area contributed by atoms with E-state index in [1.54, 1.807) is 13.0 Å². The lowest BCUT2D eigenvalue weighted by molar-refractivity contribution is -0.318. The maximum Gasteiger partial charge on any atom is 0.228 e. The molecule has 4 rings (SSSR count). The summed E-state index contributed by atoms with van der Waals surface area (Å²) in [5.41, 5.74) is 1.16. The topological polar surface area (TPSA) is 69.2 Å². The summed E-state index contributed by atoms with van der Waals surface area (Å²) in [7, 11) is 0. The SMILES string of the molecule is Cc1ccc(F)cc1NC(=O)[C@@H]1C2CCC(CC2)[C@@H]1C(=O)[O-]. The molecule has 118 valence electrons. The van der Waals surface area contributed by atoms with Crippen molar-refractivity contribution in [3.63, 3.8) is 0 Å². The summed E-state index contributed by atoms with van der Waals surface area (Å²) in [6.07, 6.45) is 3.47. The summed E-state index contributed by atoms with van der Waals surface area (Å²) in [6, 6.07) is 4.19. The van der Waals surface area contributed by atoms with Gasteiger partial charge < -0.3 is 15.2 Å². The Balaban J connectivity index is 1.84. The van der Waals surface area contributed by atoms with Crippen molar-refractivity contribution in [2.24, 2.45) is 23.7 Å². The number of carbonyl (C=O) groups excluding carboxylic acids is 2. The number of benzene rings is 1. The van der Waals surface area contributed by atoms with Crippen LogP contribution in [0.1, 0.15) is 31.2 Å². The van der Waals surface area contributed by atoms with E-state index < -0.39 is 23.6 Å². The monoisotopic (exact) mass is 304 g/mol. The van der Waals surface area contributed by atoms with Crippen molar-refractivity contribution in [3.8, 4) is 0 Å². The summed E-state index contributed by atoms with van der Waals surface area (Å²) in [5.74, 6) is -3.06. The molecule has 2 bridgehead atoms. The van der Waals surface area contributed by atoms with Crippen LogP contribution in [0, 0.1) is 36.4 Å². The molecular formula is C17H19FNO3-. The molecule has 0 unspecified atom stereocenters. The molecule has 3 aliphatic carbocycles. The lowest BCUT2D eigenvalue weighted by Crippen LogP contribution is -2.52. The quantitative estimate of drug-likeness (QED) is 0.927. The molecule has 0 spiro atoms. The number of hydrogen-bond acceptors (Lipinski definition) is 3. The van der Waals surface area contributed by atoms with Gasteiger partial charge in [-0.1, -0.05) is 6.07 Å². The van der Waals surface area contributed by atoms with E-state index in [1.807, 2.05) is 0 Å². The Labute approximate surface area is 128 Å². The first-order valence-corrected chi connectivity index (χ1v) is 7.75. The van der Waals surface area contributed by atoms with Crippen molar-refractivity contribution >= 4 is 17.6 Å². The minimum Gasteiger partial charge on any atom is -0.550 e. The second kappa shape index (κ2) is 5.71. The fourth-order valence-corrected chi connectivity index (χ4v) is 4.11. The highest BCUT2D eigenvalue weighted by Crippen LogP contribution is 2.49. The molecule has 1 aromatic rings. The van der Waals surface area contributed by atoms with Crippen LogP contribution >= 0.6 is 0 Å². The molecule has 1 amide bonds. The van der Waals surface area contributed by atoms with E-state index in [1.165, 1.54) is 12.1 Å². The fraction of sp³-hybridized carbons (Fsp3) is 0.529. The van der Waals surface area contributed by atoms with E-state index in [2.05, 4.69) is 5.32 Å². The van der Waals surface area contributed by atoms with Gasteiger partial charge in [-0.3, -0.25) is 4.79 Å². The Bertz CT molecular complexity index is 608. The van der Waals surface area contributed by atoms with Gasteiger partial charge in [0.1, 0.15) is 5.82 Å². The Morgan fingerprint density at radius 2 is 1.73 bits per heavy atom. The predicted octanol–water partition coefficient (Wildman–Crippen LogP) is 1.87. The number of amides is 1. The average Bonchev–Trinajstić information content (AvgIpc) is 2.51. The molecule has 3 aliphatic rings. The highest BCUT2D eigenvalue weighted by Gasteiger charge is 2.47. The van der Waals surface area contributed by atoms with Crippen molar-refractivity contribution in [3.05, 3.63) is 29.6 Å². The minimum atomic E-state index is -1.13. The Hall–Kier alpha value is -1.91. The molecule has 1 N–H and O–H groups in total. The number of carboxylic acids is 1. The Morgan fingerprint density at radius 3 is 2.32 bits per heavy atom. The molecule has 0 aliphatic heterocycles. The van der Waals surface area contributed by atoms with Crippen LogP contribution in [0.25, 0.3) is 0 Å². The molecule has 0 radical (unpaired) electrons. The van der Waals surface area contributed by atoms with Gasteiger partial charge in [0.15, 0.2) is 0 Å². The van der Waals surface area contributed by atoms with Crippen LogP contribution in [-0.4, -0.2) is 11.9 Å². The van der Waals surface area contributed by atoms with Crippen LogP contribution < -0.4 is 10.4 Å². The number of anilines is 1. The van der Waals surface area contributed by atoms with Gasteiger partial charge in [0.05, 0.1) is 0 Å². The predicted molar refractivity (Wildman–Crippen MR) is 77.2 cm³/mol. The van der Waals surface area contributed by atoms with Gasteiger partial charge >= 0.3 is 0 Å². The standard InChI is InChI=1S/C17H20FNO3/c1-9-2-7-12(18)8-13(9)19-16(20)14-10-3-5-11(6-4-10)15(14)17(21)22/h2,7-8,10-11,14-15H,3-6H2,1H3,(H,19,20)(H,21,22)/p-1/t10?,11?,14-,15+/m1/s1. The molecule has 4 nitrogen and oxygen atoms in total. The number of rotatable bonds is 3. The van der Waals surface area contributed by atoms with Gasteiger partial charge in [-0.25, -0.2) is 4.39 Å². The van der Waals surface area contributed by atoms with Crippen LogP contribution in [0.15, 0.2) is 18.2 Å². The number of aryl methyl sites for hydroxylation is 1. The number of carbonyl (C=O) groups is 2. The maximum atomic E-state index is 13.3. The zero-order valence-corrected chi connectivity index (χ0v) is 12.5. The third kappa shape index (κ3) is 2.60. The van der Waals surface area contributed by atoms with Crippen LogP contribution in [0.5, 0.6) is 0 Å². The third-order valence-corrected chi connectivity index (χ3v) is 5.25. The number of fused-ring (bicyclic) bond motifs is 3. The van der Waals surface area contributed by atoms with Gasteiger partial charge in [0.25, 0.3) is 0 Å². The van der Waals surface area contributed by atoms with E-state index in [0.717, 1.165) is 31.2 Å². The van der Waals surface area contributed by atoms with Gasteiger partial charge in [0.2, 0.25) is 5.91 Å². The van der Waals surface area contributed by atoms with Crippen molar-refractivity contribution in [1.29, 1.82) is 0 Å². The van der Waals surface area contributed by atoms with Gasteiger partial charge in [-0.2, -0.15) is 0 Å². The number of carboxylic acid groups (broad SMARTS) is 1. The fourth-order valence-electron chi connectivity index (χ4n) is 4.11. The normalized spacial score (nSPS) is 30.1. The smallest absolute Gasteiger partial charge is 0.228 e. The molecule has 2 atom stereocenters. The number of halogens is 1. The highest BCUT2D eigenvalue weighted by molar-refractivity contribution is 5.96. The highest BCUT2D eigenvalue weighted by atomic mass is 19.1. The van der Waals surface area contributed by atoms with Crippen LogP contribution in [0.2, 0.25) is 0 Å². The first-order chi connectivity index (χ1) is 10.5. The first kappa shape index (κ1) is 15.0. The van der Waals surface area contributed by atoms with Crippen LogP contribution in [0.4, 0.5) is 10.1 Å². The van der Waals surface area contributed by atoms with Crippen LogP contribution in [-0.2, 0) is 9.59 Å². The molecule has 3 saturated carbocycles. The maximum absolute atomic E-state index is 13.3. The zero-order chi connectivity index (χ0) is 15.9. The van der Waals surface area contributed by atoms with E-state index in [0.29, 0.717) is 5.69 Å². The summed E-state index contributed by atoms with van der Waals surface area (Å²) in [5, 5.41) is 14.2. The van der Waals surface area contributed by atoms with E-state index in [4.69, 9.17) is 0 Å². The summed E-state index contributed by atoms with van der Waals surface area (Å²) >= 11 is 0. The Kier molecular flexibility index (Phi) is 3.89. The van der Waals surface area contributed by atoms with Crippen molar-refractivity contribution in [1.82, 2.24) is 0 Å². The summed E-state index contributed by atoms with van der Waals surface area (Å²) in [4.78, 5) is 24.1. The van der Waals surface area contributed by atoms with Gasteiger partial charge in [0, 0.05) is 23.5 Å². The van der Waals surface area contributed by atoms with E-state index in [-0.39, 0.29) is 17.7 Å². The lowest BCUT2D eigenvalue weighted by Gasteiger charge is -2.48. The zero-order valence-electron chi connectivity index (χ0n) is 12.5. The molecule has 3 fully saturated rings. The van der Waals surface area contributed by atoms with Crippen LogP contribution in [0.3, 0.4) is 0 Å². The summed E-state index contributed by atoms with van der Waals surface area (Å²) in [6.45, 7) is 1.78. The first-order valence-electron chi connectivity index (χ1n) is 7.75. The minimum absolute atomic E-state index is 0.0272. The van der Waals surface area contributed by atoms with Crippen molar-refractivity contribution in [2.75, 3.05) is 5.32 Å². The molecule has 0 saturated heterocycles.